The number of nitrogens with two attached hydrogens (primary N) is 1. The van der Waals surface area contributed by atoms with Crippen molar-refractivity contribution in [2.75, 3.05) is 33.5 Å². The third-order valence-corrected chi connectivity index (χ3v) is 2.20. The summed E-state index contributed by atoms with van der Waals surface area (Å²) in [6.45, 7) is 2.15. The molecule has 14 heavy (non-hydrogen) atoms. The number of ether oxygens (including phenoxy) is 2. The van der Waals surface area contributed by atoms with E-state index in [4.69, 9.17) is 15.2 Å². The van der Waals surface area contributed by atoms with E-state index in [0.29, 0.717) is 26.4 Å². The van der Waals surface area contributed by atoms with Crippen molar-refractivity contribution in [2.24, 2.45) is 5.73 Å². The lowest BCUT2D eigenvalue weighted by molar-refractivity contribution is -0.123. The third-order valence-electron chi connectivity index (χ3n) is 2.20. The standard InChI is InChI=1S/C9H18N2O3/c1-13-6-7-14-5-4-11-8(12)9(10)2-3-9/h2-7,10H2,1H3,(H,11,12). The first kappa shape index (κ1) is 11.4. The second-order valence-electron chi connectivity index (χ2n) is 3.52. The zero-order valence-corrected chi connectivity index (χ0v) is 8.54. The molecule has 5 heteroatoms. The summed E-state index contributed by atoms with van der Waals surface area (Å²) in [4.78, 5) is 11.3. The summed E-state index contributed by atoms with van der Waals surface area (Å²) in [6.07, 6.45) is 1.59. The number of hydrogen-bond acceptors (Lipinski definition) is 4. The van der Waals surface area contributed by atoms with Gasteiger partial charge in [0.1, 0.15) is 0 Å². The second kappa shape index (κ2) is 5.29. The van der Waals surface area contributed by atoms with Gasteiger partial charge in [-0.2, -0.15) is 0 Å². The Morgan fingerprint density at radius 1 is 1.43 bits per heavy atom. The number of carbonyl (C=O) groups excluding carboxylic acids is 1. The van der Waals surface area contributed by atoms with Crippen molar-refractivity contribution in [3.8, 4) is 0 Å². The SMILES string of the molecule is COCCOCCNC(=O)C1(N)CC1. The Kier molecular flexibility index (Phi) is 4.31. The van der Waals surface area contributed by atoms with Gasteiger partial charge in [0.15, 0.2) is 0 Å². The van der Waals surface area contributed by atoms with Gasteiger partial charge in [0.25, 0.3) is 0 Å². The number of methoxy groups -OCH3 is 1. The molecule has 0 aromatic carbocycles. The molecular weight excluding hydrogens is 184 g/mol. The fourth-order valence-corrected chi connectivity index (χ4v) is 1.02. The topological polar surface area (TPSA) is 73.6 Å². The van der Waals surface area contributed by atoms with Crippen molar-refractivity contribution in [2.45, 2.75) is 18.4 Å². The molecule has 0 saturated heterocycles. The van der Waals surface area contributed by atoms with Crippen molar-refractivity contribution < 1.29 is 14.3 Å². The highest BCUT2D eigenvalue weighted by Crippen LogP contribution is 2.31. The third kappa shape index (κ3) is 3.61. The molecule has 3 N–H and O–H groups in total. The van der Waals surface area contributed by atoms with Gasteiger partial charge in [-0.05, 0) is 12.8 Å². The van der Waals surface area contributed by atoms with E-state index >= 15 is 0 Å². The normalized spacial score (nSPS) is 17.9. The van der Waals surface area contributed by atoms with Crippen LogP contribution in [0.3, 0.4) is 0 Å². The summed E-state index contributed by atoms with van der Waals surface area (Å²) in [7, 11) is 1.62. The molecule has 0 bridgehead atoms. The average Bonchev–Trinajstić information content (AvgIpc) is 2.91. The number of hydrogen-bond donors (Lipinski definition) is 2. The van der Waals surface area contributed by atoms with E-state index in [1.165, 1.54) is 0 Å². The molecule has 1 aliphatic carbocycles. The van der Waals surface area contributed by atoms with Crippen LogP contribution in [0.2, 0.25) is 0 Å². The molecule has 82 valence electrons. The molecular formula is C9H18N2O3. The highest BCUT2D eigenvalue weighted by molar-refractivity contribution is 5.88. The van der Waals surface area contributed by atoms with Crippen LogP contribution in [0, 0.1) is 0 Å². The van der Waals surface area contributed by atoms with Gasteiger partial charge in [0.2, 0.25) is 5.91 Å². The van der Waals surface area contributed by atoms with Gasteiger partial charge in [-0.15, -0.1) is 0 Å². The quantitative estimate of drug-likeness (QED) is 0.533. The lowest BCUT2D eigenvalue weighted by Gasteiger charge is -2.09. The fourth-order valence-electron chi connectivity index (χ4n) is 1.02. The van der Waals surface area contributed by atoms with E-state index in [2.05, 4.69) is 5.32 Å². The maximum absolute atomic E-state index is 11.3. The maximum Gasteiger partial charge on any atom is 0.240 e. The minimum Gasteiger partial charge on any atom is -0.382 e. The van der Waals surface area contributed by atoms with Gasteiger partial charge >= 0.3 is 0 Å². The van der Waals surface area contributed by atoms with Crippen LogP contribution in [0.15, 0.2) is 0 Å². The lowest BCUT2D eigenvalue weighted by atomic mass is 10.3. The first-order valence-corrected chi connectivity index (χ1v) is 4.83. The fraction of sp³-hybridized carbons (Fsp3) is 0.889. The van der Waals surface area contributed by atoms with Crippen LogP contribution in [0.5, 0.6) is 0 Å². The lowest BCUT2D eigenvalue weighted by Crippen LogP contribution is -2.43. The van der Waals surface area contributed by atoms with E-state index in [0.717, 1.165) is 12.8 Å². The van der Waals surface area contributed by atoms with Gasteiger partial charge in [0.05, 0.1) is 25.4 Å². The number of amides is 1. The van der Waals surface area contributed by atoms with Crippen LogP contribution in [0.1, 0.15) is 12.8 Å². The molecule has 0 aliphatic heterocycles. The van der Waals surface area contributed by atoms with E-state index in [1.807, 2.05) is 0 Å². The summed E-state index contributed by atoms with van der Waals surface area (Å²) in [5.74, 6) is -0.0622. The van der Waals surface area contributed by atoms with Gasteiger partial charge in [-0.1, -0.05) is 0 Å². The van der Waals surface area contributed by atoms with Crippen molar-refractivity contribution in [3.05, 3.63) is 0 Å². The predicted octanol–water partition coefficient (Wildman–Crippen LogP) is -0.743. The molecule has 0 atom stereocenters. The van der Waals surface area contributed by atoms with Crippen LogP contribution >= 0.6 is 0 Å². The Morgan fingerprint density at radius 3 is 2.71 bits per heavy atom. The molecule has 0 heterocycles. The molecule has 5 nitrogen and oxygen atoms in total. The van der Waals surface area contributed by atoms with E-state index in [9.17, 15) is 4.79 Å². The highest BCUT2D eigenvalue weighted by Gasteiger charge is 2.45. The number of nitrogens with one attached hydrogen (secondary N) is 1. The molecule has 0 aromatic heterocycles. The molecule has 0 aromatic rings. The van der Waals surface area contributed by atoms with Crippen LogP contribution in [-0.4, -0.2) is 44.9 Å². The molecule has 1 aliphatic rings. The summed E-state index contributed by atoms with van der Waals surface area (Å²) < 4.78 is 9.98. The maximum atomic E-state index is 11.3. The molecule has 0 spiro atoms. The van der Waals surface area contributed by atoms with Crippen molar-refractivity contribution in [1.29, 1.82) is 0 Å². The first-order chi connectivity index (χ1) is 6.69. The Labute approximate surface area is 83.9 Å². The molecule has 1 saturated carbocycles. The van der Waals surface area contributed by atoms with Gasteiger partial charge in [-0.25, -0.2) is 0 Å². The second-order valence-corrected chi connectivity index (χ2v) is 3.52. The molecule has 0 unspecified atom stereocenters. The predicted molar refractivity (Wildman–Crippen MR) is 51.9 cm³/mol. The number of rotatable bonds is 7. The Hall–Kier alpha value is -0.650. The minimum absolute atomic E-state index is 0.0622. The Balaban J connectivity index is 1.91. The van der Waals surface area contributed by atoms with Crippen LogP contribution < -0.4 is 11.1 Å². The molecule has 1 amide bonds. The Morgan fingerprint density at radius 2 is 2.14 bits per heavy atom. The van der Waals surface area contributed by atoms with Crippen molar-refractivity contribution in [1.82, 2.24) is 5.32 Å². The van der Waals surface area contributed by atoms with E-state index in [1.54, 1.807) is 7.11 Å². The molecule has 1 rings (SSSR count). The zero-order valence-electron chi connectivity index (χ0n) is 8.54. The summed E-state index contributed by atoms with van der Waals surface area (Å²) >= 11 is 0. The highest BCUT2D eigenvalue weighted by atomic mass is 16.5. The molecule has 0 radical (unpaired) electrons. The zero-order chi connectivity index (χ0) is 10.4. The first-order valence-electron chi connectivity index (χ1n) is 4.83. The van der Waals surface area contributed by atoms with E-state index in [-0.39, 0.29) is 5.91 Å². The molecule has 1 fully saturated rings. The summed E-state index contributed by atoms with van der Waals surface area (Å²) in [6, 6.07) is 0. The average molecular weight is 202 g/mol. The smallest absolute Gasteiger partial charge is 0.240 e. The van der Waals surface area contributed by atoms with Crippen LogP contribution in [0.4, 0.5) is 0 Å². The van der Waals surface area contributed by atoms with Gasteiger partial charge in [0, 0.05) is 13.7 Å². The van der Waals surface area contributed by atoms with Gasteiger partial charge < -0.3 is 20.5 Å². The summed E-state index contributed by atoms with van der Waals surface area (Å²) in [5.41, 5.74) is 5.10. The van der Waals surface area contributed by atoms with Gasteiger partial charge in [-0.3, -0.25) is 4.79 Å². The van der Waals surface area contributed by atoms with E-state index < -0.39 is 5.54 Å². The van der Waals surface area contributed by atoms with Crippen molar-refractivity contribution in [3.63, 3.8) is 0 Å². The Bertz CT molecular complexity index is 192. The number of carbonyl (C=O) groups is 1. The van der Waals surface area contributed by atoms with Crippen LogP contribution in [0.25, 0.3) is 0 Å². The van der Waals surface area contributed by atoms with Crippen molar-refractivity contribution >= 4 is 5.91 Å². The summed E-state index contributed by atoms with van der Waals surface area (Å²) in [5, 5.41) is 2.73. The monoisotopic (exact) mass is 202 g/mol. The minimum atomic E-state index is -0.577. The largest absolute Gasteiger partial charge is 0.382 e. The van der Waals surface area contributed by atoms with Crippen LogP contribution in [-0.2, 0) is 14.3 Å².